The third-order valence-corrected chi connectivity index (χ3v) is 2.59. The van der Waals surface area contributed by atoms with Crippen LogP contribution in [0.2, 0.25) is 0 Å². The predicted molar refractivity (Wildman–Crippen MR) is 53.9 cm³/mol. The summed E-state index contributed by atoms with van der Waals surface area (Å²) in [5, 5.41) is 6.05. The molecule has 1 aliphatic rings. The number of amides is 1. The highest BCUT2D eigenvalue weighted by Gasteiger charge is 2.20. The van der Waals surface area contributed by atoms with Gasteiger partial charge in [0, 0.05) is 6.54 Å². The average molecular weight is 209 g/mol. The lowest BCUT2D eigenvalue weighted by atomic mass is 9.99. The number of nitrogens with zero attached hydrogens (tertiary/aromatic N) is 1. The Labute approximate surface area is 88.3 Å². The Balaban J connectivity index is 1.76. The Kier molecular flexibility index (Phi) is 3.34. The summed E-state index contributed by atoms with van der Waals surface area (Å²) >= 11 is 0. The SMILES string of the molecule is O=C(NCc1cnco1)C1CCCNC1. The maximum atomic E-state index is 11.7. The predicted octanol–water partition coefficient (Wildman–Crippen LogP) is 0.290. The highest BCUT2D eigenvalue weighted by molar-refractivity contribution is 5.78. The first-order chi connectivity index (χ1) is 7.36. The minimum atomic E-state index is 0.0959. The number of hydrogen-bond acceptors (Lipinski definition) is 4. The minimum Gasteiger partial charge on any atom is -0.447 e. The van der Waals surface area contributed by atoms with E-state index in [1.807, 2.05) is 0 Å². The number of nitrogens with one attached hydrogen (secondary N) is 2. The summed E-state index contributed by atoms with van der Waals surface area (Å²) in [6, 6.07) is 0. The van der Waals surface area contributed by atoms with E-state index >= 15 is 0 Å². The van der Waals surface area contributed by atoms with Gasteiger partial charge in [-0.15, -0.1) is 0 Å². The van der Waals surface area contributed by atoms with Crippen LogP contribution in [0, 0.1) is 5.92 Å². The normalized spacial score (nSPS) is 21.2. The van der Waals surface area contributed by atoms with Crippen LogP contribution in [-0.2, 0) is 11.3 Å². The second kappa shape index (κ2) is 4.93. The highest BCUT2D eigenvalue weighted by atomic mass is 16.3. The first-order valence-corrected chi connectivity index (χ1v) is 5.22. The van der Waals surface area contributed by atoms with Gasteiger partial charge >= 0.3 is 0 Å². The molecule has 5 nitrogen and oxygen atoms in total. The number of aromatic nitrogens is 1. The zero-order valence-electron chi connectivity index (χ0n) is 8.53. The maximum absolute atomic E-state index is 11.7. The van der Waals surface area contributed by atoms with E-state index in [1.165, 1.54) is 6.39 Å². The van der Waals surface area contributed by atoms with E-state index in [1.54, 1.807) is 6.20 Å². The average Bonchev–Trinajstić information content (AvgIpc) is 2.80. The van der Waals surface area contributed by atoms with Gasteiger partial charge in [-0.2, -0.15) is 0 Å². The van der Waals surface area contributed by atoms with Crippen LogP contribution in [0.3, 0.4) is 0 Å². The zero-order chi connectivity index (χ0) is 10.5. The van der Waals surface area contributed by atoms with Gasteiger partial charge in [0.05, 0.1) is 18.7 Å². The lowest BCUT2D eigenvalue weighted by molar-refractivity contribution is -0.125. The molecule has 5 heteroatoms. The van der Waals surface area contributed by atoms with Crippen LogP contribution < -0.4 is 10.6 Å². The number of oxazole rings is 1. The van der Waals surface area contributed by atoms with Crippen molar-refractivity contribution in [2.45, 2.75) is 19.4 Å². The summed E-state index contributed by atoms with van der Waals surface area (Å²) in [6.07, 6.45) is 5.01. The Morgan fingerprint density at radius 2 is 2.67 bits per heavy atom. The molecule has 0 aliphatic carbocycles. The summed E-state index contributed by atoms with van der Waals surface area (Å²) in [7, 11) is 0. The molecule has 1 fully saturated rings. The van der Waals surface area contributed by atoms with Gasteiger partial charge in [-0.3, -0.25) is 4.79 Å². The molecule has 0 saturated carbocycles. The van der Waals surface area contributed by atoms with Crippen molar-refractivity contribution in [2.75, 3.05) is 13.1 Å². The quantitative estimate of drug-likeness (QED) is 0.751. The van der Waals surface area contributed by atoms with Crippen LogP contribution >= 0.6 is 0 Å². The van der Waals surface area contributed by atoms with Crippen LogP contribution in [-0.4, -0.2) is 24.0 Å². The molecule has 1 aromatic heterocycles. The van der Waals surface area contributed by atoms with Crippen LogP contribution in [0.1, 0.15) is 18.6 Å². The Morgan fingerprint density at radius 3 is 3.33 bits per heavy atom. The maximum Gasteiger partial charge on any atom is 0.224 e. The van der Waals surface area contributed by atoms with Gasteiger partial charge in [0.1, 0.15) is 5.76 Å². The molecule has 1 aromatic rings. The Hall–Kier alpha value is -1.36. The second-order valence-electron chi connectivity index (χ2n) is 3.73. The molecule has 1 atom stereocenters. The summed E-state index contributed by atoms with van der Waals surface area (Å²) < 4.78 is 5.03. The number of carbonyl (C=O) groups is 1. The molecule has 1 unspecified atom stereocenters. The fourth-order valence-electron chi connectivity index (χ4n) is 1.72. The first-order valence-electron chi connectivity index (χ1n) is 5.22. The van der Waals surface area contributed by atoms with E-state index in [0.717, 1.165) is 25.9 Å². The van der Waals surface area contributed by atoms with E-state index < -0.39 is 0 Å². The lowest BCUT2D eigenvalue weighted by Gasteiger charge is -2.21. The van der Waals surface area contributed by atoms with Crippen molar-refractivity contribution in [1.29, 1.82) is 0 Å². The number of carbonyl (C=O) groups excluding carboxylic acids is 1. The second-order valence-corrected chi connectivity index (χ2v) is 3.73. The van der Waals surface area contributed by atoms with E-state index in [4.69, 9.17) is 4.42 Å². The van der Waals surface area contributed by atoms with E-state index in [9.17, 15) is 4.79 Å². The molecule has 82 valence electrons. The highest BCUT2D eigenvalue weighted by Crippen LogP contribution is 2.09. The van der Waals surface area contributed by atoms with E-state index in [0.29, 0.717) is 12.3 Å². The molecule has 1 aliphatic heterocycles. The van der Waals surface area contributed by atoms with Gasteiger partial charge in [-0.25, -0.2) is 4.98 Å². The minimum absolute atomic E-state index is 0.0959. The topological polar surface area (TPSA) is 67.2 Å². The molecule has 15 heavy (non-hydrogen) atoms. The molecule has 0 aromatic carbocycles. The Bertz CT molecular complexity index is 304. The zero-order valence-corrected chi connectivity index (χ0v) is 8.53. The summed E-state index contributed by atoms with van der Waals surface area (Å²) in [5.74, 6) is 0.882. The van der Waals surface area contributed by atoms with Gasteiger partial charge in [0.25, 0.3) is 0 Å². The molecular formula is C10H15N3O2. The summed E-state index contributed by atoms with van der Waals surface area (Å²) in [5.41, 5.74) is 0. The fourth-order valence-corrected chi connectivity index (χ4v) is 1.72. The Morgan fingerprint density at radius 1 is 1.73 bits per heavy atom. The molecule has 2 heterocycles. The van der Waals surface area contributed by atoms with Crippen molar-refractivity contribution < 1.29 is 9.21 Å². The van der Waals surface area contributed by atoms with Gasteiger partial charge in [-0.1, -0.05) is 0 Å². The number of hydrogen-bond donors (Lipinski definition) is 2. The third kappa shape index (κ3) is 2.79. The van der Waals surface area contributed by atoms with Crippen LogP contribution in [0.25, 0.3) is 0 Å². The molecule has 2 rings (SSSR count). The van der Waals surface area contributed by atoms with Gasteiger partial charge in [0.15, 0.2) is 6.39 Å². The van der Waals surface area contributed by atoms with E-state index in [2.05, 4.69) is 15.6 Å². The lowest BCUT2D eigenvalue weighted by Crippen LogP contribution is -2.40. The summed E-state index contributed by atoms with van der Waals surface area (Å²) in [6.45, 7) is 2.23. The van der Waals surface area contributed by atoms with Crippen LogP contribution in [0.15, 0.2) is 17.0 Å². The van der Waals surface area contributed by atoms with E-state index in [-0.39, 0.29) is 11.8 Å². The largest absolute Gasteiger partial charge is 0.447 e. The number of rotatable bonds is 3. The molecule has 0 radical (unpaired) electrons. The van der Waals surface area contributed by atoms with Crippen molar-refractivity contribution >= 4 is 5.91 Å². The monoisotopic (exact) mass is 209 g/mol. The van der Waals surface area contributed by atoms with Crippen molar-refractivity contribution in [3.8, 4) is 0 Å². The summed E-state index contributed by atoms with van der Waals surface area (Å²) in [4.78, 5) is 15.5. The third-order valence-electron chi connectivity index (χ3n) is 2.59. The standard InChI is InChI=1S/C10H15N3O2/c14-10(8-2-1-3-11-4-8)13-6-9-5-12-7-15-9/h5,7-8,11H,1-4,6H2,(H,13,14). The molecule has 1 saturated heterocycles. The van der Waals surface area contributed by atoms with Crippen molar-refractivity contribution in [1.82, 2.24) is 15.6 Å². The van der Waals surface area contributed by atoms with Crippen molar-refractivity contribution in [3.63, 3.8) is 0 Å². The van der Waals surface area contributed by atoms with Gasteiger partial charge in [0.2, 0.25) is 5.91 Å². The molecule has 0 bridgehead atoms. The number of piperidine rings is 1. The molecule has 1 amide bonds. The molecular weight excluding hydrogens is 194 g/mol. The molecule has 0 spiro atoms. The van der Waals surface area contributed by atoms with Gasteiger partial charge in [-0.05, 0) is 19.4 Å². The van der Waals surface area contributed by atoms with Crippen molar-refractivity contribution in [3.05, 3.63) is 18.4 Å². The van der Waals surface area contributed by atoms with Crippen molar-refractivity contribution in [2.24, 2.45) is 5.92 Å². The van der Waals surface area contributed by atoms with Gasteiger partial charge < -0.3 is 15.1 Å². The smallest absolute Gasteiger partial charge is 0.224 e. The first kappa shape index (κ1) is 10.2. The van der Waals surface area contributed by atoms with Crippen LogP contribution in [0.4, 0.5) is 0 Å². The fraction of sp³-hybridized carbons (Fsp3) is 0.600. The van der Waals surface area contributed by atoms with Crippen LogP contribution in [0.5, 0.6) is 0 Å². The molecule has 2 N–H and O–H groups in total.